The van der Waals surface area contributed by atoms with Gasteiger partial charge in [-0.1, -0.05) is 0 Å². The number of rotatable bonds is 4. The Morgan fingerprint density at radius 3 is 2.62 bits per heavy atom. The van der Waals surface area contributed by atoms with Gasteiger partial charge < -0.3 is 19.9 Å². The summed E-state index contributed by atoms with van der Waals surface area (Å²) in [7, 11) is 0. The number of aromatic hydroxyl groups is 1. The second kappa shape index (κ2) is 6.52. The molecule has 1 unspecified atom stereocenters. The first kappa shape index (κ1) is 15.0. The van der Waals surface area contributed by atoms with Crippen LogP contribution in [-0.2, 0) is 6.54 Å². The Labute approximate surface area is 99.4 Å². The SMILES string of the molecule is CC(O)c1c(O)c(=O)ccn1CCCO.Cl. The molecule has 0 aliphatic heterocycles. The highest BCUT2D eigenvalue weighted by Crippen LogP contribution is 2.19. The molecule has 16 heavy (non-hydrogen) atoms. The van der Waals surface area contributed by atoms with Crippen molar-refractivity contribution in [2.75, 3.05) is 6.61 Å². The van der Waals surface area contributed by atoms with E-state index in [9.17, 15) is 15.0 Å². The lowest BCUT2D eigenvalue weighted by atomic mass is 10.2. The Morgan fingerprint density at radius 2 is 2.12 bits per heavy atom. The molecule has 92 valence electrons. The lowest BCUT2D eigenvalue weighted by molar-refractivity contribution is 0.180. The van der Waals surface area contributed by atoms with E-state index in [2.05, 4.69) is 0 Å². The van der Waals surface area contributed by atoms with Crippen molar-refractivity contribution in [2.45, 2.75) is 26.0 Å². The number of aromatic nitrogens is 1. The van der Waals surface area contributed by atoms with Crippen LogP contribution in [0, 0.1) is 0 Å². The van der Waals surface area contributed by atoms with Crippen molar-refractivity contribution in [1.82, 2.24) is 4.57 Å². The summed E-state index contributed by atoms with van der Waals surface area (Å²) in [6.07, 6.45) is 1.08. The van der Waals surface area contributed by atoms with Gasteiger partial charge in [0.1, 0.15) is 0 Å². The van der Waals surface area contributed by atoms with Crippen molar-refractivity contribution in [2.24, 2.45) is 0 Å². The van der Waals surface area contributed by atoms with E-state index in [1.165, 1.54) is 19.2 Å². The number of aliphatic hydroxyl groups excluding tert-OH is 2. The highest BCUT2D eigenvalue weighted by Gasteiger charge is 2.14. The summed E-state index contributed by atoms with van der Waals surface area (Å²) < 4.78 is 1.57. The average Bonchev–Trinajstić information content (AvgIpc) is 2.19. The maximum absolute atomic E-state index is 11.1. The van der Waals surface area contributed by atoms with Crippen molar-refractivity contribution in [3.63, 3.8) is 0 Å². The molecule has 3 N–H and O–H groups in total. The lowest BCUT2D eigenvalue weighted by Gasteiger charge is -2.15. The Balaban J connectivity index is 0.00000225. The fraction of sp³-hybridized carbons (Fsp3) is 0.500. The lowest BCUT2D eigenvalue weighted by Crippen LogP contribution is -2.15. The standard InChI is InChI=1S/C10H15NO4.ClH/c1-7(13)9-10(15)8(14)3-5-11(9)4-2-6-12;/h3,5,7,12-13,15H,2,4,6H2,1H3;1H. The van der Waals surface area contributed by atoms with Gasteiger partial charge in [-0.15, -0.1) is 12.4 Å². The molecule has 0 bridgehead atoms. The van der Waals surface area contributed by atoms with Crippen molar-refractivity contribution in [1.29, 1.82) is 0 Å². The third-order valence-corrected chi connectivity index (χ3v) is 2.14. The van der Waals surface area contributed by atoms with Gasteiger partial charge in [0.15, 0.2) is 5.75 Å². The third-order valence-electron chi connectivity index (χ3n) is 2.14. The molecular formula is C10H16ClNO4. The topological polar surface area (TPSA) is 82.7 Å². The van der Waals surface area contributed by atoms with E-state index in [1.54, 1.807) is 4.57 Å². The molecule has 0 aromatic carbocycles. The second-order valence-electron chi connectivity index (χ2n) is 3.36. The summed E-state index contributed by atoms with van der Waals surface area (Å²) in [6, 6.07) is 1.23. The van der Waals surface area contributed by atoms with E-state index in [0.717, 1.165) is 0 Å². The molecule has 0 radical (unpaired) electrons. The molecule has 0 saturated carbocycles. The van der Waals surface area contributed by atoms with Crippen LogP contribution >= 0.6 is 12.4 Å². The number of hydrogen-bond donors (Lipinski definition) is 3. The van der Waals surface area contributed by atoms with Crippen molar-refractivity contribution in [3.05, 3.63) is 28.2 Å². The molecule has 0 saturated heterocycles. The van der Waals surface area contributed by atoms with Crippen molar-refractivity contribution in [3.8, 4) is 5.75 Å². The van der Waals surface area contributed by atoms with Gasteiger partial charge in [-0.25, -0.2) is 0 Å². The summed E-state index contributed by atoms with van der Waals surface area (Å²) in [6.45, 7) is 1.95. The normalized spacial score (nSPS) is 11.9. The van der Waals surface area contributed by atoms with Crippen molar-refractivity contribution >= 4 is 12.4 Å². The van der Waals surface area contributed by atoms with E-state index < -0.39 is 17.3 Å². The molecule has 0 spiro atoms. The van der Waals surface area contributed by atoms with Gasteiger partial charge in [-0.3, -0.25) is 4.79 Å². The Hall–Kier alpha value is -1.04. The van der Waals surface area contributed by atoms with E-state index in [4.69, 9.17) is 5.11 Å². The summed E-state index contributed by atoms with van der Waals surface area (Å²) >= 11 is 0. The van der Waals surface area contributed by atoms with Crippen LogP contribution < -0.4 is 5.43 Å². The average molecular weight is 250 g/mol. The van der Waals surface area contributed by atoms with Crippen LogP contribution in [0.25, 0.3) is 0 Å². The summed E-state index contributed by atoms with van der Waals surface area (Å²) in [4.78, 5) is 11.1. The number of aliphatic hydroxyl groups is 2. The van der Waals surface area contributed by atoms with Crippen LogP contribution in [0.1, 0.15) is 25.1 Å². The zero-order chi connectivity index (χ0) is 11.4. The minimum atomic E-state index is -0.919. The molecule has 0 fully saturated rings. The fourth-order valence-corrected chi connectivity index (χ4v) is 1.45. The number of pyridine rings is 1. The maximum Gasteiger partial charge on any atom is 0.223 e. The van der Waals surface area contributed by atoms with Crippen LogP contribution in [0.4, 0.5) is 0 Å². The summed E-state index contributed by atoms with van der Waals surface area (Å²) in [5, 5.41) is 27.6. The van der Waals surface area contributed by atoms with E-state index in [-0.39, 0.29) is 24.7 Å². The smallest absolute Gasteiger partial charge is 0.223 e. The zero-order valence-corrected chi connectivity index (χ0v) is 9.78. The third kappa shape index (κ3) is 3.23. The van der Waals surface area contributed by atoms with Gasteiger partial charge in [-0.2, -0.15) is 0 Å². The highest BCUT2D eigenvalue weighted by atomic mass is 35.5. The fourth-order valence-electron chi connectivity index (χ4n) is 1.45. The van der Waals surface area contributed by atoms with Gasteiger partial charge in [0.25, 0.3) is 0 Å². The van der Waals surface area contributed by atoms with Crippen LogP contribution in [-0.4, -0.2) is 26.5 Å². The largest absolute Gasteiger partial charge is 0.503 e. The highest BCUT2D eigenvalue weighted by molar-refractivity contribution is 5.85. The predicted octanol–water partition coefficient (Wildman–Crippen LogP) is 0.411. The van der Waals surface area contributed by atoms with Crippen LogP contribution in [0.15, 0.2) is 17.1 Å². The first-order chi connectivity index (χ1) is 7.07. The second-order valence-corrected chi connectivity index (χ2v) is 3.36. The molecule has 0 amide bonds. The van der Waals surface area contributed by atoms with Crippen LogP contribution in [0.2, 0.25) is 0 Å². The summed E-state index contributed by atoms with van der Waals surface area (Å²) in [5.41, 5.74) is -0.318. The molecular weight excluding hydrogens is 234 g/mol. The molecule has 0 aliphatic rings. The number of hydrogen-bond acceptors (Lipinski definition) is 4. The van der Waals surface area contributed by atoms with E-state index >= 15 is 0 Å². The first-order valence-corrected chi connectivity index (χ1v) is 4.79. The quantitative estimate of drug-likeness (QED) is 0.722. The van der Waals surface area contributed by atoms with Crippen LogP contribution in [0.3, 0.4) is 0 Å². The molecule has 1 aromatic rings. The minimum absolute atomic E-state index is 0. The van der Waals surface area contributed by atoms with E-state index in [1.807, 2.05) is 0 Å². The Morgan fingerprint density at radius 1 is 1.50 bits per heavy atom. The van der Waals surface area contributed by atoms with Gasteiger partial charge in [0.2, 0.25) is 5.43 Å². The Bertz CT molecular complexity index is 389. The maximum atomic E-state index is 11.1. The Kier molecular flexibility index (Phi) is 6.10. The number of nitrogens with zero attached hydrogens (tertiary/aromatic N) is 1. The van der Waals surface area contributed by atoms with Gasteiger partial charge in [0, 0.05) is 25.4 Å². The van der Waals surface area contributed by atoms with E-state index in [0.29, 0.717) is 13.0 Å². The van der Waals surface area contributed by atoms with Crippen LogP contribution in [0.5, 0.6) is 5.75 Å². The molecule has 1 rings (SSSR count). The predicted molar refractivity (Wildman–Crippen MR) is 62.0 cm³/mol. The molecule has 1 atom stereocenters. The molecule has 1 aromatic heterocycles. The summed E-state index contributed by atoms with van der Waals surface area (Å²) in [5.74, 6) is -0.426. The first-order valence-electron chi connectivity index (χ1n) is 4.79. The monoisotopic (exact) mass is 249 g/mol. The van der Waals surface area contributed by atoms with Gasteiger partial charge in [-0.05, 0) is 13.3 Å². The number of halogens is 1. The zero-order valence-electron chi connectivity index (χ0n) is 8.96. The molecule has 1 heterocycles. The van der Waals surface area contributed by atoms with Crippen molar-refractivity contribution < 1.29 is 15.3 Å². The molecule has 5 nitrogen and oxygen atoms in total. The molecule has 0 aliphatic carbocycles. The van der Waals surface area contributed by atoms with Gasteiger partial charge >= 0.3 is 0 Å². The molecule has 6 heteroatoms. The number of aryl methyl sites for hydroxylation is 1. The minimum Gasteiger partial charge on any atom is -0.503 e. The van der Waals surface area contributed by atoms with Gasteiger partial charge in [0.05, 0.1) is 11.8 Å².